The van der Waals surface area contributed by atoms with Gasteiger partial charge < -0.3 is 15.9 Å². The monoisotopic (exact) mass is 329 g/mol. The zero-order valence-electron chi connectivity index (χ0n) is 12.7. The molecule has 1 aromatic carbocycles. The minimum absolute atomic E-state index is 0.0731. The SMILES string of the molecule is Cc1ccc2c(CSc3nc(N)nc(N)n3)cc(=O)oc2c1C. The molecule has 4 N–H and O–H groups in total. The van der Waals surface area contributed by atoms with Crippen LogP contribution in [0.15, 0.2) is 32.6 Å². The Hall–Kier alpha value is -2.61. The molecule has 0 aliphatic carbocycles. The number of rotatable bonds is 3. The Labute approximate surface area is 136 Å². The lowest BCUT2D eigenvalue weighted by Crippen LogP contribution is -2.04. The minimum Gasteiger partial charge on any atom is -0.422 e. The van der Waals surface area contributed by atoms with Crippen molar-refractivity contribution in [1.82, 2.24) is 15.0 Å². The molecule has 3 aromatic rings. The fraction of sp³-hybridized carbons (Fsp3) is 0.200. The van der Waals surface area contributed by atoms with E-state index in [9.17, 15) is 4.79 Å². The number of fused-ring (bicyclic) bond motifs is 1. The number of benzene rings is 1. The summed E-state index contributed by atoms with van der Waals surface area (Å²) in [7, 11) is 0. The molecule has 23 heavy (non-hydrogen) atoms. The highest BCUT2D eigenvalue weighted by molar-refractivity contribution is 7.98. The quantitative estimate of drug-likeness (QED) is 0.553. The van der Waals surface area contributed by atoms with Crippen LogP contribution in [0, 0.1) is 13.8 Å². The van der Waals surface area contributed by atoms with E-state index in [1.54, 1.807) is 0 Å². The molecule has 0 amide bonds. The second-order valence-corrected chi connectivity index (χ2v) is 6.04. The van der Waals surface area contributed by atoms with E-state index in [-0.39, 0.29) is 17.5 Å². The molecular weight excluding hydrogens is 314 g/mol. The van der Waals surface area contributed by atoms with Crippen LogP contribution in [0.4, 0.5) is 11.9 Å². The molecule has 0 saturated carbocycles. The summed E-state index contributed by atoms with van der Waals surface area (Å²) in [6.07, 6.45) is 0. The van der Waals surface area contributed by atoms with Crippen LogP contribution < -0.4 is 17.1 Å². The summed E-state index contributed by atoms with van der Waals surface area (Å²) in [6, 6.07) is 5.44. The van der Waals surface area contributed by atoms with Gasteiger partial charge in [0.05, 0.1) is 0 Å². The van der Waals surface area contributed by atoms with Crippen molar-refractivity contribution in [2.24, 2.45) is 0 Å². The third kappa shape index (κ3) is 3.11. The van der Waals surface area contributed by atoms with Gasteiger partial charge in [-0.05, 0) is 30.5 Å². The second kappa shape index (κ2) is 5.88. The first kappa shape index (κ1) is 15.3. The Morgan fingerprint density at radius 2 is 1.83 bits per heavy atom. The number of nitrogens with two attached hydrogens (primary N) is 2. The van der Waals surface area contributed by atoms with Crippen molar-refractivity contribution in [1.29, 1.82) is 0 Å². The fourth-order valence-electron chi connectivity index (χ4n) is 2.24. The maximum atomic E-state index is 11.8. The van der Waals surface area contributed by atoms with Crippen molar-refractivity contribution in [3.05, 3.63) is 45.3 Å². The predicted molar refractivity (Wildman–Crippen MR) is 90.2 cm³/mol. The van der Waals surface area contributed by atoms with E-state index in [2.05, 4.69) is 15.0 Å². The predicted octanol–water partition coefficient (Wildman–Crippen LogP) is 2.05. The topological polar surface area (TPSA) is 121 Å². The number of nitrogen functional groups attached to an aromatic ring is 2. The largest absolute Gasteiger partial charge is 0.422 e. The Bertz CT molecular complexity index is 934. The summed E-state index contributed by atoms with van der Waals surface area (Å²) in [6.45, 7) is 3.91. The molecule has 3 rings (SSSR count). The molecule has 0 radical (unpaired) electrons. The molecule has 0 atom stereocenters. The highest BCUT2D eigenvalue weighted by atomic mass is 32.2. The first-order chi connectivity index (χ1) is 10.9. The molecular formula is C15H15N5O2S. The number of nitrogens with zero attached hydrogens (tertiary/aromatic N) is 3. The molecule has 7 nitrogen and oxygen atoms in total. The van der Waals surface area contributed by atoms with Crippen LogP contribution >= 0.6 is 11.8 Å². The van der Waals surface area contributed by atoms with Crippen molar-refractivity contribution in [3.8, 4) is 0 Å². The van der Waals surface area contributed by atoms with E-state index in [1.807, 2.05) is 26.0 Å². The van der Waals surface area contributed by atoms with Crippen molar-refractivity contribution in [3.63, 3.8) is 0 Å². The van der Waals surface area contributed by atoms with Gasteiger partial charge in [-0.3, -0.25) is 0 Å². The first-order valence-electron chi connectivity index (χ1n) is 6.87. The van der Waals surface area contributed by atoms with Gasteiger partial charge in [-0.1, -0.05) is 23.9 Å². The van der Waals surface area contributed by atoms with Gasteiger partial charge in [0.25, 0.3) is 0 Å². The highest BCUT2D eigenvalue weighted by Gasteiger charge is 2.11. The van der Waals surface area contributed by atoms with Crippen LogP contribution in [0.3, 0.4) is 0 Å². The Morgan fingerprint density at radius 3 is 2.52 bits per heavy atom. The van der Waals surface area contributed by atoms with E-state index in [0.717, 1.165) is 22.1 Å². The molecule has 2 aromatic heterocycles. The molecule has 0 fully saturated rings. The molecule has 2 heterocycles. The van der Waals surface area contributed by atoms with E-state index >= 15 is 0 Å². The van der Waals surface area contributed by atoms with Gasteiger partial charge in [-0.15, -0.1) is 0 Å². The standard InChI is InChI=1S/C15H15N5O2S/c1-7-3-4-10-9(5-11(21)22-12(10)8(7)2)6-23-15-19-13(16)18-14(17)20-15/h3-5H,6H2,1-2H3,(H4,16,17,18,19,20). The lowest BCUT2D eigenvalue weighted by Gasteiger charge is -2.08. The molecule has 118 valence electrons. The third-order valence-electron chi connectivity index (χ3n) is 3.52. The summed E-state index contributed by atoms with van der Waals surface area (Å²) in [5, 5.41) is 1.32. The molecule has 0 aliphatic heterocycles. The molecule has 0 saturated heterocycles. The Morgan fingerprint density at radius 1 is 1.13 bits per heavy atom. The summed E-state index contributed by atoms with van der Waals surface area (Å²) in [5.74, 6) is 0.640. The van der Waals surface area contributed by atoms with Gasteiger partial charge in [0.15, 0.2) is 5.16 Å². The normalized spacial score (nSPS) is 11.0. The van der Waals surface area contributed by atoms with Crippen LogP contribution in [0.1, 0.15) is 16.7 Å². The maximum absolute atomic E-state index is 11.8. The number of aromatic nitrogens is 3. The number of hydrogen-bond donors (Lipinski definition) is 2. The van der Waals surface area contributed by atoms with E-state index in [4.69, 9.17) is 15.9 Å². The van der Waals surface area contributed by atoms with Crippen molar-refractivity contribution < 1.29 is 4.42 Å². The second-order valence-electron chi connectivity index (χ2n) is 5.10. The molecule has 0 unspecified atom stereocenters. The lowest BCUT2D eigenvalue weighted by atomic mass is 10.0. The average Bonchev–Trinajstić information content (AvgIpc) is 2.48. The molecule has 8 heteroatoms. The van der Waals surface area contributed by atoms with Gasteiger partial charge in [-0.2, -0.15) is 15.0 Å². The van der Waals surface area contributed by atoms with E-state index in [1.165, 1.54) is 17.8 Å². The van der Waals surface area contributed by atoms with Gasteiger partial charge in [0.2, 0.25) is 11.9 Å². The number of anilines is 2. The van der Waals surface area contributed by atoms with Gasteiger partial charge >= 0.3 is 5.63 Å². The smallest absolute Gasteiger partial charge is 0.336 e. The van der Waals surface area contributed by atoms with Crippen molar-refractivity contribution in [2.75, 3.05) is 11.5 Å². The zero-order chi connectivity index (χ0) is 16.6. The average molecular weight is 329 g/mol. The zero-order valence-corrected chi connectivity index (χ0v) is 13.5. The Balaban J connectivity index is 2.00. The summed E-state index contributed by atoms with van der Waals surface area (Å²) in [4.78, 5) is 23.6. The molecule has 0 bridgehead atoms. The fourth-order valence-corrected chi connectivity index (χ4v) is 3.08. The van der Waals surface area contributed by atoms with E-state index in [0.29, 0.717) is 16.5 Å². The lowest BCUT2D eigenvalue weighted by molar-refractivity contribution is 0.557. The van der Waals surface area contributed by atoms with E-state index < -0.39 is 0 Å². The number of thioether (sulfide) groups is 1. The molecule has 0 aliphatic rings. The van der Waals surface area contributed by atoms with Crippen LogP contribution in [-0.4, -0.2) is 15.0 Å². The van der Waals surface area contributed by atoms with Crippen molar-refractivity contribution in [2.45, 2.75) is 24.8 Å². The Kier molecular flexibility index (Phi) is 3.91. The van der Waals surface area contributed by atoms with Crippen LogP contribution in [0.5, 0.6) is 0 Å². The minimum atomic E-state index is -0.378. The summed E-state index contributed by atoms with van der Waals surface area (Å²) >= 11 is 1.33. The number of hydrogen-bond acceptors (Lipinski definition) is 8. The van der Waals surface area contributed by atoms with Crippen LogP contribution in [-0.2, 0) is 5.75 Å². The number of aryl methyl sites for hydroxylation is 2. The van der Waals surface area contributed by atoms with Gasteiger partial charge in [-0.25, -0.2) is 4.79 Å². The first-order valence-corrected chi connectivity index (χ1v) is 7.85. The summed E-state index contributed by atoms with van der Waals surface area (Å²) in [5.41, 5.74) is 14.2. The van der Waals surface area contributed by atoms with Gasteiger partial charge in [0, 0.05) is 17.2 Å². The van der Waals surface area contributed by atoms with Crippen molar-refractivity contribution >= 4 is 34.6 Å². The summed E-state index contributed by atoms with van der Waals surface area (Å²) < 4.78 is 5.36. The highest BCUT2D eigenvalue weighted by Crippen LogP contribution is 2.27. The molecule has 0 spiro atoms. The van der Waals surface area contributed by atoms with Gasteiger partial charge in [0.1, 0.15) is 5.58 Å². The third-order valence-corrected chi connectivity index (χ3v) is 4.42. The van der Waals surface area contributed by atoms with Crippen LogP contribution in [0.2, 0.25) is 0 Å². The maximum Gasteiger partial charge on any atom is 0.336 e. The van der Waals surface area contributed by atoms with Crippen LogP contribution in [0.25, 0.3) is 11.0 Å².